The first-order chi connectivity index (χ1) is 12.5. The van der Waals surface area contributed by atoms with Crippen LogP contribution < -0.4 is 15.4 Å². The van der Waals surface area contributed by atoms with Crippen molar-refractivity contribution in [3.8, 4) is 5.75 Å². The van der Waals surface area contributed by atoms with Crippen molar-refractivity contribution in [1.82, 2.24) is 5.32 Å². The van der Waals surface area contributed by atoms with E-state index in [-0.39, 0.29) is 18.5 Å². The van der Waals surface area contributed by atoms with Crippen LogP contribution in [0, 0.1) is 5.92 Å². The zero-order chi connectivity index (χ0) is 18.7. The molecule has 1 aliphatic rings. The van der Waals surface area contributed by atoms with Crippen molar-refractivity contribution in [2.24, 2.45) is 5.92 Å². The average molecular weight is 414 g/mol. The summed E-state index contributed by atoms with van der Waals surface area (Å²) in [6, 6.07) is 11.1. The summed E-state index contributed by atoms with van der Waals surface area (Å²) >= 11 is 18.1. The quantitative estimate of drug-likeness (QED) is 0.644. The molecule has 2 aromatic carbocycles. The summed E-state index contributed by atoms with van der Waals surface area (Å²) in [7, 11) is 1.64. The molecule has 1 amide bonds. The van der Waals surface area contributed by atoms with E-state index in [0.29, 0.717) is 26.7 Å². The van der Waals surface area contributed by atoms with Gasteiger partial charge in [0.25, 0.3) is 0 Å². The minimum Gasteiger partial charge on any atom is -0.497 e. The van der Waals surface area contributed by atoms with Crippen molar-refractivity contribution in [3.63, 3.8) is 0 Å². The average Bonchev–Trinajstić information content (AvgIpc) is 3.44. The number of hydrogen-bond donors (Lipinski definition) is 2. The van der Waals surface area contributed by atoms with Crippen LogP contribution in [-0.2, 0) is 4.79 Å². The number of ether oxygens (including phenoxy) is 1. The van der Waals surface area contributed by atoms with Crippen LogP contribution in [0.4, 0.5) is 5.69 Å². The Hall–Kier alpha value is -1.46. The van der Waals surface area contributed by atoms with E-state index in [9.17, 15) is 4.79 Å². The van der Waals surface area contributed by atoms with Crippen LogP contribution in [0.15, 0.2) is 36.4 Å². The highest BCUT2D eigenvalue weighted by atomic mass is 35.5. The Kier molecular flexibility index (Phi) is 6.30. The molecule has 3 rings (SSSR count). The Labute approximate surface area is 167 Å². The number of nitrogens with one attached hydrogen (secondary N) is 2. The lowest BCUT2D eigenvalue weighted by atomic mass is 10.0. The zero-order valence-electron chi connectivity index (χ0n) is 14.2. The van der Waals surface area contributed by atoms with Crippen molar-refractivity contribution in [3.05, 3.63) is 57.0 Å². The van der Waals surface area contributed by atoms with E-state index < -0.39 is 0 Å². The topological polar surface area (TPSA) is 50.4 Å². The number of carbonyl (C=O) groups excluding carboxylic acids is 1. The third-order valence-electron chi connectivity index (χ3n) is 4.32. The summed E-state index contributed by atoms with van der Waals surface area (Å²) in [6.45, 7) is 0.155. The molecule has 7 heteroatoms. The second-order valence-electron chi connectivity index (χ2n) is 6.26. The zero-order valence-corrected chi connectivity index (χ0v) is 16.5. The van der Waals surface area contributed by atoms with E-state index in [2.05, 4.69) is 10.6 Å². The molecular weight excluding hydrogens is 395 g/mol. The molecule has 26 heavy (non-hydrogen) atoms. The third-order valence-corrected chi connectivity index (χ3v) is 5.14. The fraction of sp³-hybridized carbons (Fsp3) is 0.316. The van der Waals surface area contributed by atoms with Crippen LogP contribution in [0.5, 0.6) is 5.75 Å². The van der Waals surface area contributed by atoms with Crippen LogP contribution in [0.3, 0.4) is 0 Å². The Bertz CT molecular complexity index is 769. The SMILES string of the molecule is COc1ccc(C(NCC(=O)Nc2c(Cl)cc(Cl)cc2Cl)C2CC2)cc1. The number of anilines is 1. The highest BCUT2D eigenvalue weighted by Gasteiger charge is 2.32. The monoisotopic (exact) mass is 412 g/mol. The molecule has 0 bridgehead atoms. The molecule has 0 radical (unpaired) electrons. The second kappa shape index (κ2) is 8.49. The molecule has 1 fully saturated rings. The molecule has 138 valence electrons. The molecule has 2 aromatic rings. The minimum absolute atomic E-state index is 0.128. The van der Waals surface area contributed by atoms with E-state index >= 15 is 0 Å². The Balaban J connectivity index is 1.63. The van der Waals surface area contributed by atoms with Gasteiger partial charge in [-0.15, -0.1) is 0 Å². The molecule has 0 saturated heterocycles. The van der Waals surface area contributed by atoms with Crippen molar-refractivity contribution >= 4 is 46.4 Å². The number of benzene rings is 2. The molecular formula is C19H19Cl3N2O2. The van der Waals surface area contributed by atoms with Gasteiger partial charge in [-0.2, -0.15) is 0 Å². The summed E-state index contributed by atoms with van der Waals surface area (Å²) in [5.41, 5.74) is 1.51. The van der Waals surface area contributed by atoms with Gasteiger partial charge in [-0.1, -0.05) is 46.9 Å². The van der Waals surface area contributed by atoms with Crippen molar-refractivity contribution in [2.45, 2.75) is 18.9 Å². The van der Waals surface area contributed by atoms with Gasteiger partial charge < -0.3 is 15.4 Å². The smallest absolute Gasteiger partial charge is 0.238 e. The number of halogens is 3. The van der Waals surface area contributed by atoms with E-state index in [4.69, 9.17) is 39.5 Å². The molecule has 0 aromatic heterocycles. The van der Waals surface area contributed by atoms with Crippen LogP contribution in [0.1, 0.15) is 24.4 Å². The van der Waals surface area contributed by atoms with Crippen LogP contribution in [0.25, 0.3) is 0 Å². The highest BCUT2D eigenvalue weighted by Crippen LogP contribution is 2.41. The van der Waals surface area contributed by atoms with Gasteiger partial charge in [0.1, 0.15) is 5.75 Å². The first kappa shape index (κ1) is 19.3. The maximum absolute atomic E-state index is 12.3. The first-order valence-corrected chi connectivity index (χ1v) is 9.43. The Morgan fingerprint density at radius 1 is 1.15 bits per heavy atom. The Morgan fingerprint density at radius 3 is 2.31 bits per heavy atom. The lowest BCUT2D eigenvalue weighted by Gasteiger charge is -2.19. The minimum atomic E-state index is -0.213. The third kappa shape index (κ3) is 4.83. The number of rotatable bonds is 7. The predicted molar refractivity (Wildman–Crippen MR) is 107 cm³/mol. The normalized spacial score (nSPS) is 14.8. The van der Waals surface area contributed by atoms with E-state index in [0.717, 1.165) is 24.2 Å². The van der Waals surface area contributed by atoms with Crippen molar-refractivity contribution in [1.29, 1.82) is 0 Å². The first-order valence-electron chi connectivity index (χ1n) is 8.29. The molecule has 1 atom stereocenters. The lowest BCUT2D eigenvalue weighted by Crippen LogP contribution is -2.32. The second-order valence-corrected chi connectivity index (χ2v) is 7.51. The fourth-order valence-corrected chi connectivity index (χ4v) is 3.76. The summed E-state index contributed by atoms with van der Waals surface area (Å²) in [5, 5.41) is 7.13. The van der Waals surface area contributed by atoms with Gasteiger partial charge in [0.05, 0.1) is 29.4 Å². The Morgan fingerprint density at radius 2 is 1.77 bits per heavy atom. The van der Waals surface area contributed by atoms with Gasteiger partial charge in [-0.05, 0) is 48.6 Å². The molecule has 2 N–H and O–H groups in total. The molecule has 0 aliphatic heterocycles. The van der Waals surface area contributed by atoms with Crippen LogP contribution >= 0.6 is 34.8 Å². The van der Waals surface area contributed by atoms with E-state index in [1.54, 1.807) is 19.2 Å². The molecule has 0 heterocycles. The molecule has 1 unspecified atom stereocenters. The van der Waals surface area contributed by atoms with Gasteiger partial charge in [-0.3, -0.25) is 4.79 Å². The van der Waals surface area contributed by atoms with Gasteiger partial charge in [0.15, 0.2) is 0 Å². The van der Waals surface area contributed by atoms with Crippen molar-refractivity contribution < 1.29 is 9.53 Å². The summed E-state index contributed by atoms with van der Waals surface area (Å²) in [6.07, 6.45) is 2.31. The number of methoxy groups -OCH3 is 1. The molecule has 4 nitrogen and oxygen atoms in total. The van der Waals surface area contributed by atoms with E-state index in [1.165, 1.54) is 0 Å². The molecule has 1 saturated carbocycles. The van der Waals surface area contributed by atoms with Crippen LogP contribution in [0.2, 0.25) is 15.1 Å². The molecule has 0 spiro atoms. The number of carbonyl (C=O) groups is 1. The summed E-state index contributed by atoms with van der Waals surface area (Å²) in [5.74, 6) is 1.14. The van der Waals surface area contributed by atoms with Crippen molar-refractivity contribution in [2.75, 3.05) is 19.0 Å². The predicted octanol–water partition coefficient (Wildman–Crippen LogP) is 5.33. The van der Waals surface area contributed by atoms with Gasteiger partial charge >= 0.3 is 0 Å². The van der Waals surface area contributed by atoms with Gasteiger partial charge in [0.2, 0.25) is 5.91 Å². The summed E-state index contributed by atoms with van der Waals surface area (Å²) in [4.78, 5) is 12.3. The van der Waals surface area contributed by atoms with Gasteiger partial charge in [-0.25, -0.2) is 0 Å². The molecule has 1 aliphatic carbocycles. The fourth-order valence-electron chi connectivity index (χ4n) is 2.85. The van der Waals surface area contributed by atoms with E-state index in [1.807, 2.05) is 24.3 Å². The summed E-state index contributed by atoms with van der Waals surface area (Å²) < 4.78 is 5.20. The standard InChI is InChI=1S/C19H19Cl3N2O2/c1-26-14-6-4-12(5-7-14)18(11-2-3-11)23-10-17(25)24-19-15(21)8-13(20)9-16(19)22/h4-9,11,18,23H,2-3,10H2,1H3,(H,24,25). The largest absolute Gasteiger partial charge is 0.497 e. The highest BCUT2D eigenvalue weighted by molar-refractivity contribution is 6.42. The maximum atomic E-state index is 12.3. The van der Waals surface area contributed by atoms with Crippen LogP contribution in [-0.4, -0.2) is 19.6 Å². The lowest BCUT2D eigenvalue weighted by molar-refractivity contribution is -0.115. The number of hydrogen-bond acceptors (Lipinski definition) is 3. The van der Waals surface area contributed by atoms with Gasteiger partial charge in [0, 0.05) is 11.1 Å². The number of amides is 1. The maximum Gasteiger partial charge on any atom is 0.238 e.